The summed E-state index contributed by atoms with van der Waals surface area (Å²) in [5.41, 5.74) is -6.69. The molecule has 0 aliphatic heterocycles. The number of hydrogen-bond acceptors (Lipinski definition) is 18. The SMILES string of the molecule is C=CC(=O)OC(OC(=O)C=C)=C(C(=O)OC(COC(=O)C(=C)C)(OC(=O)C(=C)C)C(CO)(CO)CO)C(OC(=O)C=C)C(C)C(CO)(CO)CO. The number of esters is 6. The summed E-state index contributed by atoms with van der Waals surface area (Å²) in [6.45, 7) is 11.1. The van der Waals surface area contributed by atoms with Gasteiger partial charge in [0.05, 0.1) is 39.6 Å². The van der Waals surface area contributed by atoms with Gasteiger partial charge in [-0.3, -0.25) is 0 Å². The van der Waals surface area contributed by atoms with E-state index in [4.69, 9.17) is 28.4 Å². The van der Waals surface area contributed by atoms with E-state index in [9.17, 15) is 59.4 Å². The van der Waals surface area contributed by atoms with Crippen LogP contribution in [0.1, 0.15) is 20.8 Å². The average Bonchev–Trinajstić information content (AvgIpc) is 3.11. The van der Waals surface area contributed by atoms with Crippen LogP contribution < -0.4 is 0 Å². The first-order valence-electron chi connectivity index (χ1n) is 14.7. The molecule has 3 atom stereocenters. The number of ether oxygens (including phenoxy) is 6. The van der Waals surface area contributed by atoms with E-state index in [-0.39, 0.29) is 5.57 Å². The Morgan fingerprint density at radius 1 is 0.647 bits per heavy atom. The van der Waals surface area contributed by atoms with Gasteiger partial charge in [-0.05, 0) is 13.8 Å². The van der Waals surface area contributed by atoms with Crippen LogP contribution in [0.3, 0.4) is 0 Å². The number of carbonyl (C=O) groups is 6. The first-order valence-corrected chi connectivity index (χ1v) is 14.7. The molecule has 6 N–H and O–H groups in total. The second kappa shape index (κ2) is 20.6. The van der Waals surface area contributed by atoms with E-state index >= 15 is 0 Å². The molecule has 51 heavy (non-hydrogen) atoms. The van der Waals surface area contributed by atoms with Gasteiger partial charge in [0.25, 0.3) is 0 Å². The molecule has 0 aromatic carbocycles. The highest BCUT2D eigenvalue weighted by molar-refractivity contribution is 5.94. The van der Waals surface area contributed by atoms with Crippen molar-refractivity contribution in [2.45, 2.75) is 32.7 Å². The van der Waals surface area contributed by atoms with E-state index in [1.807, 2.05) is 0 Å². The molecule has 3 unspecified atom stereocenters. The highest BCUT2D eigenvalue weighted by atomic mass is 16.8. The molecule has 0 spiro atoms. The van der Waals surface area contributed by atoms with Crippen LogP contribution in [0.5, 0.6) is 0 Å². The van der Waals surface area contributed by atoms with Crippen LogP contribution in [0, 0.1) is 16.7 Å². The van der Waals surface area contributed by atoms with Gasteiger partial charge in [0.15, 0.2) is 12.2 Å². The number of aliphatic hydroxyl groups is 6. The van der Waals surface area contributed by atoms with E-state index in [1.165, 1.54) is 6.92 Å². The average molecular weight is 729 g/mol. The smallest absolute Gasteiger partial charge is 0.348 e. The summed E-state index contributed by atoms with van der Waals surface area (Å²) in [6, 6.07) is 0. The van der Waals surface area contributed by atoms with Crippen molar-refractivity contribution in [2.75, 3.05) is 46.2 Å². The van der Waals surface area contributed by atoms with Crippen molar-refractivity contribution in [1.29, 1.82) is 0 Å². The quantitative estimate of drug-likeness (QED) is 0.0237. The van der Waals surface area contributed by atoms with Crippen LogP contribution in [0.2, 0.25) is 0 Å². The maximum atomic E-state index is 14.5. The molecule has 0 aliphatic carbocycles. The van der Waals surface area contributed by atoms with Crippen LogP contribution in [-0.4, -0.2) is 125 Å². The molecule has 0 aromatic rings. The molecule has 0 radical (unpaired) electrons. The fourth-order valence-corrected chi connectivity index (χ4v) is 3.89. The van der Waals surface area contributed by atoms with Crippen LogP contribution in [0.4, 0.5) is 0 Å². The van der Waals surface area contributed by atoms with E-state index < -0.39 is 128 Å². The summed E-state index contributed by atoms with van der Waals surface area (Å²) in [4.78, 5) is 77.7. The van der Waals surface area contributed by atoms with Crippen molar-refractivity contribution in [3.63, 3.8) is 0 Å². The highest BCUT2D eigenvalue weighted by Gasteiger charge is 2.60. The maximum Gasteiger partial charge on any atom is 0.348 e. The Hall–Kier alpha value is -4.98. The number of rotatable bonds is 23. The van der Waals surface area contributed by atoms with Crippen LogP contribution in [0.25, 0.3) is 0 Å². The lowest BCUT2D eigenvalue weighted by molar-refractivity contribution is -0.303. The molecule has 0 heterocycles. The van der Waals surface area contributed by atoms with E-state index in [0.29, 0.717) is 18.2 Å². The Kier molecular flexibility index (Phi) is 18.6. The second-order valence-corrected chi connectivity index (χ2v) is 11.1. The zero-order chi connectivity index (χ0) is 39.7. The van der Waals surface area contributed by atoms with E-state index in [2.05, 4.69) is 32.9 Å². The van der Waals surface area contributed by atoms with Crippen molar-refractivity contribution in [2.24, 2.45) is 16.7 Å². The summed E-state index contributed by atoms with van der Waals surface area (Å²) < 4.78 is 31.4. The summed E-state index contributed by atoms with van der Waals surface area (Å²) in [5.74, 6) is -15.1. The molecule has 0 fully saturated rings. The molecule has 18 nitrogen and oxygen atoms in total. The summed E-state index contributed by atoms with van der Waals surface area (Å²) in [7, 11) is 0. The molecule has 284 valence electrons. The van der Waals surface area contributed by atoms with Crippen LogP contribution >= 0.6 is 0 Å². The molecule has 0 amide bonds. The largest absolute Gasteiger partial charge is 0.454 e. The predicted octanol–water partition coefficient (Wildman–Crippen LogP) is -1.20. The molecule has 0 bridgehead atoms. The van der Waals surface area contributed by atoms with Gasteiger partial charge < -0.3 is 59.1 Å². The minimum Gasteiger partial charge on any atom is -0.454 e. The van der Waals surface area contributed by atoms with Crippen molar-refractivity contribution in [1.82, 2.24) is 0 Å². The lowest BCUT2D eigenvalue weighted by Crippen LogP contribution is -2.63. The fraction of sp³-hybridized carbons (Fsp3) is 0.455. The van der Waals surface area contributed by atoms with Gasteiger partial charge in [-0.15, -0.1) is 0 Å². The van der Waals surface area contributed by atoms with E-state index in [1.54, 1.807) is 0 Å². The van der Waals surface area contributed by atoms with Gasteiger partial charge in [0.2, 0.25) is 0 Å². The molecule has 0 aliphatic rings. The molecule has 0 saturated carbocycles. The summed E-state index contributed by atoms with van der Waals surface area (Å²) in [6.07, 6.45) is -0.652. The minimum atomic E-state index is -3.27. The maximum absolute atomic E-state index is 14.5. The van der Waals surface area contributed by atoms with Gasteiger partial charge in [0, 0.05) is 40.7 Å². The highest BCUT2D eigenvalue weighted by Crippen LogP contribution is 2.41. The third-order valence-electron chi connectivity index (χ3n) is 7.54. The monoisotopic (exact) mass is 728 g/mol. The predicted molar refractivity (Wildman–Crippen MR) is 172 cm³/mol. The lowest BCUT2D eigenvalue weighted by atomic mass is 9.73. The Bertz CT molecular complexity index is 1360. The lowest BCUT2D eigenvalue weighted by Gasteiger charge is -2.45. The third-order valence-corrected chi connectivity index (χ3v) is 7.54. The first kappa shape index (κ1) is 46.0. The van der Waals surface area contributed by atoms with Gasteiger partial charge in [-0.25, -0.2) is 28.8 Å². The Morgan fingerprint density at radius 2 is 1.06 bits per heavy atom. The van der Waals surface area contributed by atoms with Gasteiger partial charge in [0.1, 0.15) is 11.5 Å². The minimum absolute atomic E-state index is 0.252. The van der Waals surface area contributed by atoms with Gasteiger partial charge in [-0.2, -0.15) is 0 Å². The summed E-state index contributed by atoms with van der Waals surface area (Å²) in [5, 5.41) is 61.9. The van der Waals surface area contributed by atoms with Crippen molar-refractivity contribution >= 4 is 35.8 Å². The normalized spacial score (nSPS) is 13.4. The molecule has 0 saturated heterocycles. The van der Waals surface area contributed by atoms with E-state index in [0.717, 1.165) is 13.8 Å². The number of aliphatic hydroxyl groups excluding tert-OH is 6. The third kappa shape index (κ3) is 11.3. The molecule has 0 aromatic heterocycles. The topological polar surface area (TPSA) is 279 Å². The zero-order valence-electron chi connectivity index (χ0n) is 28.5. The molecule has 0 rings (SSSR count). The van der Waals surface area contributed by atoms with Crippen LogP contribution in [-0.2, 0) is 57.2 Å². The Balaban J connectivity index is 8.56. The second-order valence-electron chi connectivity index (χ2n) is 11.1. The molecular formula is C33H44O18. The Morgan fingerprint density at radius 3 is 1.41 bits per heavy atom. The van der Waals surface area contributed by atoms with Crippen molar-refractivity contribution in [3.05, 3.63) is 73.8 Å². The van der Waals surface area contributed by atoms with Crippen LogP contribution in [0.15, 0.2) is 73.8 Å². The van der Waals surface area contributed by atoms with Gasteiger partial charge in [-0.1, -0.05) is 39.8 Å². The zero-order valence-corrected chi connectivity index (χ0v) is 28.5. The number of carbonyl (C=O) groups excluding carboxylic acids is 6. The molecule has 18 heteroatoms. The van der Waals surface area contributed by atoms with Crippen molar-refractivity contribution in [3.8, 4) is 0 Å². The Labute approximate surface area is 293 Å². The standard InChI is InChI=1S/C33H44O18/c1-9-22(40)47-26(21(8)31(12-34,13-35)14-36)25(30(48-23(41)10-2)49-24(42)11-3)29(45)51-33(50-28(44)20(6)7,18-46-27(43)19(4)5)32(15-37,16-38)17-39/h9-11,21,26,34-39H,1-4,6,12-18H2,5,7-8H3. The van der Waals surface area contributed by atoms with Crippen molar-refractivity contribution < 1.29 is 87.8 Å². The first-order chi connectivity index (χ1) is 23.8. The molecular weight excluding hydrogens is 684 g/mol. The fourth-order valence-electron chi connectivity index (χ4n) is 3.89. The summed E-state index contributed by atoms with van der Waals surface area (Å²) >= 11 is 0. The van der Waals surface area contributed by atoms with Gasteiger partial charge >= 0.3 is 47.5 Å². The number of hydrogen-bond donors (Lipinski definition) is 6.